The summed E-state index contributed by atoms with van der Waals surface area (Å²) < 4.78 is 52.5. The number of para-hydroxylation sites is 1. The van der Waals surface area contributed by atoms with Crippen LogP contribution in [0.1, 0.15) is 26.5 Å². The molecule has 0 aliphatic carbocycles. The minimum atomic E-state index is -4.23. The van der Waals surface area contributed by atoms with Crippen LogP contribution in [-0.2, 0) is 29.0 Å². The number of esters is 1. The molecule has 6 atom stereocenters. The first-order valence-corrected chi connectivity index (χ1v) is 13.1. The lowest BCUT2D eigenvalue weighted by Crippen LogP contribution is -2.37. The Labute approximate surface area is 212 Å². The zero-order valence-corrected chi connectivity index (χ0v) is 21.4. The second-order valence-corrected chi connectivity index (χ2v) is 10.3. The number of aliphatic hydroxyl groups excluding tert-OH is 1. The molecule has 3 aromatic rings. The maximum absolute atomic E-state index is 15.5. The molecule has 2 aromatic heterocycles. The van der Waals surface area contributed by atoms with Gasteiger partial charge in [0.15, 0.2) is 12.0 Å². The third-order valence-electron chi connectivity index (χ3n) is 5.96. The number of carbonyl (C=O) groups excluding carboxylic acids is 1. The molecule has 1 aliphatic rings. The van der Waals surface area contributed by atoms with Crippen molar-refractivity contribution in [3.05, 3.63) is 54.5 Å². The Hall–Kier alpha value is -3.09. The summed E-state index contributed by atoms with van der Waals surface area (Å²) in [5.74, 6) is -0.273. The Morgan fingerprint density at radius 2 is 2.08 bits per heavy atom. The molecule has 14 heteroatoms. The molecule has 0 amide bonds. The Bertz CT molecular complexity index is 1290. The first-order valence-electron chi connectivity index (χ1n) is 11.6. The average molecular weight is 537 g/mol. The lowest BCUT2D eigenvalue weighted by Gasteiger charge is -2.27. The van der Waals surface area contributed by atoms with E-state index < -0.39 is 50.3 Å². The van der Waals surface area contributed by atoms with Crippen molar-refractivity contribution >= 4 is 25.1 Å². The fourth-order valence-electron chi connectivity index (χ4n) is 4.07. The van der Waals surface area contributed by atoms with E-state index in [4.69, 9.17) is 24.3 Å². The molecule has 1 unspecified atom stereocenters. The summed E-state index contributed by atoms with van der Waals surface area (Å²) >= 11 is 0. The van der Waals surface area contributed by atoms with E-state index in [0.29, 0.717) is 11.2 Å². The number of fused-ring (bicyclic) bond motifs is 1. The molecular weight excluding hydrogens is 508 g/mol. The van der Waals surface area contributed by atoms with Gasteiger partial charge in [-0.3, -0.25) is 9.32 Å². The predicted octanol–water partition coefficient (Wildman–Crippen LogP) is 2.37. The van der Waals surface area contributed by atoms with Crippen molar-refractivity contribution in [3.8, 4) is 5.75 Å². The number of halogens is 1. The summed E-state index contributed by atoms with van der Waals surface area (Å²) in [4.78, 5) is 16.0. The van der Waals surface area contributed by atoms with Crippen LogP contribution in [0.15, 0.2) is 48.8 Å². The second-order valence-electron chi connectivity index (χ2n) is 8.62. The summed E-state index contributed by atoms with van der Waals surface area (Å²) in [6, 6.07) is 10.3. The zero-order chi connectivity index (χ0) is 26.8. The van der Waals surface area contributed by atoms with Crippen molar-refractivity contribution in [3.63, 3.8) is 0 Å². The minimum absolute atomic E-state index is 0.124. The van der Waals surface area contributed by atoms with Crippen LogP contribution in [0.25, 0.3) is 5.52 Å². The molecule has 0 bridgehead atoms. The van der Waals surface area contributed by atoms with Gasteiger partial charge in [-0.2, -0.15) is 10.2 Å². The van der Waals surface area contributed by atoms with Gasteiger partial charge in [-0.05, 0) is 45.0 Å². The van der Waals surface area contributed by atoms with Crippen LogP contribution in [0, 0.1) is 0 Å². The number of aromatic nitrogens is 3. The topological polar surface area (TPSA) is 160 Å². The first kappa shape index (κ1) is 27.0. The van der Waals surface area contributed by atoms with Crippen LogP contribution in [0.4, 0.5) is 10.2 Å². The molecule has 0 spiro atoms. The lowest BCUT2D eigenvalue weighted by atomic mass is 9.94. The molecule has 37 heavy (non-hydrogen) atoms. The summed E-state index contributed by atoms with van der Waals surface area (Å²) in [5.41, 5.74) is 4.98. The van der Waals surface area contributed by atoms with Crippen LogP contribution in [0.5, 0.6) is 5.75 Å². The number of aliphatic hydroxyl groups is 1. The second kappa shape index (κ2) is 10.7. The van der Waals surface area contributed by atoms with E-state index in [1.165, 1.54) is 24.7 Å². The summed E-state index contributed by atoms with van der Waals surface area (Å²) in [6.45, 7) is 4.13. The number of benzene rings is 1. The Morgan fingerprint density at radius 3 is 2.78 bits per heavy atom. The van der Waals surface area contributed by atoms with Gasteiger partial charge >= 0.3 is 13.7 Å². The smallest absolute Gasteiger partial charge is 0.459 e. The van der Waals surface area contributed by atoms with E-state index in [1.807, 2.05) is 0 Å². The van der Waals surface area contributed by atoms with E-state index in [2.05, 4.69) is 15.2 Å². The van der Waals surface area contributed by atoms with Crippen molar-refractivity contribution in [1.29, 1.82) is 0 Å². The van der Waals surface area contributed by atoms with Crippen molar-refractivity contribution in [2.45, 2.75) is 50.8 Å². The summed E-state index contributed by atoms with van der Waals surface area (Å²) in [5, 5.41) is 17.3. The van der Waals surface area contributed by atoms with Crippen LogP contribution in [-0.4, -0.2) is 63.3 Å². The number of ether oxygens (including phenoxy) is 2. The van der Waals surface area contributed by atoms with Crippen molar-refractivity contribution in [2.24, 2.45) is 0 Å². The molecule has 1 aromatic carbocycles. The molecule has 4 rings (SSSR count). The number of alkyl halides is 1. The number of anilines is 1. The van der Waals surface area contributed by atoms with E-state index >= 15 is 4.39 Å². The minimum Gasteiger partial charge on any atom is -0.465 e. The highest BCUT2D eigenvalue weighted by atomic mass is 31.2. The maximum atomic E-state index is 15.5. The van der Waals surface area contributed by atoms with Crippen LogP contribution < -0.4 is 15.3 Å². The molecule has 0 saturated carbocycles. The van der Waals surface area contributed by atoms with Gasteiger partial charge in [0.25, 0.3) is 0 Å². The third-order valence-corrected chi connectivity index (χ3v) is 7.61. The first-order chi connectivity index (χ1) is 17.6. The average Bonchev–Trinajstić information content (AvgIpc) is 3.40. The molecule has 4 N–H and O–H groups in total. The number of nitrogens with two attached hydrogens (primary N) is 1. The highest BCUT2D eigenvalue weighted by molar-refractivity contribution is 7.52. The molecule has 1 fully saturated rings. The number of rotatable bonds is 10. The number of hydrogen-bond acceptors (Lipinski definition) is 10. The van der Waals surface area contributed by atoms with Gasteiger partial charge in [0.2, 0.25) is 0 Å². The number of nitrogen functional groups attached to an aromatic ring is 1. The Kier molecular flexibility index (Phi) is 7.81. The number of carbonyl (C=O) groups is 1. The van der Waals surface area contributed by atoms with Gasteiger partial charge in [-0.1, -0.05) is 18.2 Å². The zero-order valence-electron chi connectivity index (χ0n) is 20.5. The fraction of sp³-hybridized carbons (Fsp3) is 0.435. The maximum Gasteiger partial charge on any atom is 0.459 e. The van der Waals surface area contributed by atoms with Crippen molar-refractivity contribution in [1.82, 2.24) is 19.7 Å². The standard InChI is InChI=1S/C23H29FN5O7P/c1-4-33-22(31)14(2)28-37(32,36-15-8-6-5-7-9-15)34-12-17-19(30)20(24)23(3,35-17)18-11-10-16-21(25)26-13-27-29(16)18/h5-11,13-14,17,19-20,30H,4,12H2,1-3H3,(H,28,32)(H2,25,26,27)/t14-,17-,19-,20-,23+,37?/m1/s1. The predicted molar refractivity (Wildman–Crippen MR) is 130 cm³/mol. The van der Waals surface area contributed by atoms with Gasteiger partial charge < -0.3 is 24.8 Å². The highest BCUT2D eigenvalue weighted by Gasteiger charge is 2.55. The monoisotopic (exact) mass is 537 g/mol. The molecule has 200 valence electrons. The van der Waals surface area contributed by atoms with Crippen LogP contribution in [0.3, 0.4) is 0 Å². The van der Waals surface area contributed by atoms with Crippen molar-refractivity contribution < 1.29 is 37.4 Å². The summed E-state index contributed by atoms with van der Waals surface area (Å²) in [7, 11) is -4.23. The Morgan fingerprint density at radius 1 is 1.35 bits per heavy atom. The number of nitrogens with one attached hydrogen (secondary N) is 1. The molecule has 0 radical (unpaired) electrons. The van der Waals surface area contributed by atoms with E-state index in [0.717, 1.165) is 0 Å². The SMILES string of the molecule is CCOC(=O)[C@@H](C)NP(=O)(OC[C@H]1O[C@@](C)(c2ccc3c(N)ncnn23)[C@H](F)[C@@H]1O)Oc1ccccc1. The molecule has 3 heterocycles. The quantitative estimate of drug-likeness (QED) is 0.257. The number of hydrogen-bond donors (Lipinski definition) is 3. The van der Waals surface area contributed by atoms with Gasteiger partial charge in [-0.25, -0.2) is 18.5 Å². The van der Waals surface area contributed by atoms with Crippen LogP contribution in [0.2, 0.25) is 0 Å². The molecular formula is C23H29FN5O7P. The molecule has 1 saturated heterocycles. The molecule has 12 nitrogen and oxygen atoms in total. The van der Waals surface area contributed by atoms with Gasteiger partial charge in [0.05, 0.1) is 18.9 Å². The Balaban J connectivity index is 1.54. The normalized spacial score (nSPS) is 26.0. The van der Waals surface area contributed by atoms with E-state index in [9.17, 15) is 14.5 Å². The van der Waals surface area contributed by atoms with Crippen LogP contribution >= 0.6 is 7.75 Å². The highest BCUT2D eigenvalue weighted by Crippen LogP contribution is 2.47. The third kappa shape index (κ3) is 5.46. The largest absolute Gasteiger partial charge is 0.465 e. The number of nitrogens with zero attached hydrogens (tertiary/aromatic N) is 3. The van der Waals surface area contributed by atoms with Gasteiger partial charge in [0.1, 0.15) is 41.4 Å². The molecule has 1 aliphatic heterocycles. The van der Waals surface area contributed by atoms with E-state index in [1.54, 1.807) is 49.4 Å². The fourth-order valence-corrected chi connectivity index (χ4v) is 5.57. The van der Waals surface area contributed by atoms with Gasteiger partial charge in [0, 0.05) is 0 Å². The van der Waals surface area contributed by atoms with Gasteiger partial charge in [-0.15, -0.1) is 0 Å². The van der Waals surface area contributed by atoms with Crippen molar-refractivity contribution in [2.75, 3.05) is 18.9 Å². The summed E-state index contributed by atoms with van der Waals surface area (Å²) in [6.07, 6.45) is -3.54. The van der Waals surface area contributed by atoms with E-state index in [-0.39, 0.29) is 18.2 Å². The lowest BCUT2D eigenvalue weighted by molar-refractivity contribution is -0.144.